The SMILES string of the molecule is NC1CCc2ccc(Oc3ccccc3-c3ccc(C(F)(F)F)cc3)cc2C1C(=O)O. The standard InChI is InChI=1S/C24H20F3NO3/c25-24(26,27)16-9-5-14(6-10-16)18-3-1-2-4-21(18)31-17-11-7-15-8-12-20(28)22(23(29)30)19(15)13-17/h1-7,9-11,13,20,22H,8,12,28H2,(H,29,30). The Balaban J connectivity index is 1.67. The van der Waals surface area contributed by atoms with E-state index in [0.717, 1.165) is 17.7 Å². The predicted molar refractivity (Wildman–Crippen MR) is 110 cm³/mol. The number of ether oxygens (including phenoxy) is 1. The number of para-hydroxylation sites is 1. The quantitative estimate of drug-likeness (QED) is 0.568. The fourth-order valence-electron chi connectivity index (χ4n) is 3.95. The van der Waals surface area contributed by atoms with Gasteiger partial charge in [-0.3, -0.25) is 4.79 Å². The molecule has 31 heavy (non-hydrogen) atoms. The normalized spacial score (nSPS) is 18.3. The van der Waals surface area contributed by atoms with Crippen LogP contribution < -0.4 is 10.5 Å². The van der Waals surface area contributed by atoms with Crippen LogP contribution >= 0.6 is 0 Å². The van der Waals surface area contributed by atoms with Crippen LogP contribution in [0.25, 0.3) is 11.1 Å². The fraction of sp³-hybridized carbons (Fsp3) is 0.208. The first-order valence-corrected chi connectivity index (χ1v) is 9.80. The Morgan fingerprint density at radius 3 is 2.42 bits per heavy atom. The third-order valence-corrected chi connectivity index (χ3v) is 5.53. The first kappa shape index (κ1) is 20.9. The van der Waals surface area contributed by atoms with Crippen molar-refractivity contribution in [2.45, 2.75) is 31.0 Å². The van der Waals surface area contributed by atoms with Gasteiger partial charge in [0.05, 0.1) is 11.5 Å². The molecule has 7 heteroatoms. The highest BCUT2D eigenvalue weighted by atomic mass is 19.4. The van der Waals surface area contributed by atoms with Crippen LogP contribution in [0.4, 0.5) is 13.2 Å². The van der Waals surface area contributed by atoms with Crippen LogP contribution in [0.5, 0.6) is 11.5 Å². The number of carboxylic acid groups (broad SMARTS) is 1. The Morgan fingerprint density at radius 1 is 1.03 bits per heavy atom. The number of benzene rings is 3. The molecular weight excluding hydrogens is 407 g/mol. The molecule has 1 aliphatic carbocycles. The lowest BCUT2D eigenvalue weighted by molar-refractivity contribution is -0.139. The number of carboxylic acids is 1. The second-order valence-corrected chi connectivity index (χ2v) is 7.55. The van der Waals surface area contributed by atoms with Crippen molar-refractivity contribution >= 4 is 5.97 Å². The zero-order valence-electron chi connectivity index (χ0n) is 16.4. The molecule has 4 nitrogen and oxygen atoms in total. The van der Waals surface area contributed by atoms with Gasteiger partial charge >= 0.3 is 12.1 Å². The predicted octanol–water partition coefficient (Wildman–Crippen LogP) is 5.61. The molecule has 3 aromatic carbocycles. The molecule has 1 aliphatic rings. The summed E-state index contributed by atoms with van der Waals surface area (Å²) in [6.07, 6.45) is -3.11. The van der Waals surface area contributed by atoms with Gasteiger partial charge in [0.15, 0.2) is 0 Å². The third-order valence-electron chi connectivity index (χ3n) is 5.53. The zero-order chi connectivity index (χ0) is 22.2. The third kappa shape index (κ3) is 4.27. The second-order valence-electron chi connectivity index (χ2n) is 7.55. The molecule has 0 aliphatic heterocycles. The lowest BCUT2D eigenvalue weighted by Gasteiger charge is -2.28. The maximum Gasteiger partial charge on any atom is 0.416 e. The number of fused-ring (bicyclic) bond motifs is 1. The number of aryl methyl sites for hydroxylation is 1. The van der Waals surface area contributed by atoms with Crippen LogP contribution in [0.15, 0.2) is 66.7 Å². The number of carbonyl (C=O) groups is 1. The summed E-state index contributed by atoms with van der Waals surface area (Å²) in [5, 5.41) is 9.61. The molecule has 0 heterocycles. The minimum Gasteiger partial charge on any atom is -0.481 e. The van der Waals surface area contributed by atoms with Crippen molar-refractivity contribution in [2.24, 2.45) is 5.73 Å². The van der Waals surface area contributed by atoms with Crippen LogP contribution in [-0.4, -0.2) is 17.1 Å². The van der Waals surface area contributed by atoms with Gasteiger partial charge in [-0.25, -0.2) is 0 Å². The van der Waals surface area contributed by atoms with Crippen molar-refractivity contribution in [1.29, 1.82) is 0 Å². The molecule has 0 fully saturated rings. The van der Waals surface area contributed by atoms with Gasteiger partial charge in [0.2, 0.25) is 0 Å². The maximum atomic E-state index is 12.9. The Kier molecular flexibility index (Phi) is 5.45. The number of alkyl halides is 3. The number of hydrogen-bond acceptors (Lipinski definition) is 3. The monoisotopic (exact) mass is 427 g/mol. The topological polar surface area (TPSA) is 72.5 Å². The molecule has 0 radical (unpaired) electrons. The number of aliphatic carboxylic acids is 1. The van der Waals surface area contributed by atoms with Crippen LogP contribution in [0.3, 0.4) is 0 Å². The number of halogens is 3. The van der Waals surface area contributed by atoms with Gasteiger partial charge in [-0.15, -0.1) is 0 Å². The summed E-state index contributed by atoms with van der Waals surface area (Å²) in [6, 6.07) is 16.7. The van der Waals surface area contributed by atoms with E-state index < -0.39 is 29.7 Å². The summed E-state index contributed by atoms with van der Waals surface area (Å²) in [4.78, 5) is 11.7. The molecule has 3 N–H and O–H groups in total. The minimum absolute atomic E-state index is 0.443. The van der Waals surface area contributed by atoms with Crippen molar-refractivity contribution in [1.82, 2.24) is 0 Å². The minimum atomic E-state index is -4.40. The van der Waals surface area contributed by atoms with E-state index in [1.807, 2.05) is 6.07 Å². The lowest BCUT2D eigenvalue weighted by Crippen LogP contribution is -2.37. The van der Waals surface area contributed by atoms with E-state index in [1.54, 1.807) is 36.4 Å². The molecule has 4 rings (SSSR count). The summed E-state index contributed by atoms with van der Waals surface area (Å²) in [7, 11) is 0. The molecular formula is C24H20F3NO3. The fourth-order valence-corrected chi connectivity index (χ4v) is 3.95. The summed E-state index contributed by atoms with van der Waals surface area (Å²) in [6.45, 7) is 0. The summed E-state index contributed by atoms with van der Waals surface area (Å²) in [5.41, 5.74) is 8.08. The van der Waals surface area contributed by atoms with Crippen LogP contribution in [0.1, 0.15) is 29.0 Å². The molecule has 0 saturated heterocycles. The van der Waals surface area contributed by atoms with Gasteiger partial charge in [0.25, 0.3) is 0 Å². The number of rotatable bonds is 4. The van der Waals surface area contributed by atoms with Gasteiger partial charge in [-0.2, -0.15) is 13.2 Å². The van der Waals surface area contributed by atoms with Gasteiger partial charge in [0.1, 0.15) is 11.5 Å². The first-order chi connectivity index (χ1) is 14.7. The number of hydrogen-bond donors (Lipinski definition) is 2. The Labute approximate surface area is 177 Å². The van der Waals surface area contributed by atoms with Crippen molar-refractivity contribution in [3.05, 3.63) is 83.4 Å². The maximum absolute atomic E-state index is 12.9. The van der Waals surface area contributed by atoms with Crippen molar-refractivity contribution in [3.63, 3.8) is 0 Å². The van der Waals surface area contributed by atoms with E-state index in [1.165, 1.54) is 12.1 Å². The van der Waals surface area contributed by atoms with Gasteiger partial charge in [-0.1, -0.05) is 36.4 Å². The van der Waals surface area contributed by atoms with Gasteiger partial charge in [-0.05, 0) is 59.9 Å². The van der Waals surface area contributed by atoms with Gasteiger partial charge in [0, 0.05) is 11.6 Å². The molecule has 0 aromatic heterocycles. The van der Waals surface area contributed by atoms with Crippen molar-refractivity contribution in [3.8, 4) is 22.6 Å². The highest BCUT2D eigenvalue weighted by molar-refractivity contribution is 5.78. The second kappa shape index (κ2) is 8.07. The van der Waals surface area contributed by atoms with E-state index >= 15 is 0 Å². The summed E-state index contributed by atoms with van der Waals surface area (Å²) in [5.74, 6) is -0.888. The molecule has 0 bridgehead atoms. The van der Waals surface area contributed by atoms with Crippen LogP contribution in [-0.2, 0) is 17.4 Å². The van der Waals surface area contributed by atoms with Crippen LogP contribution in [0, 0.1) is 0 Å². The highest BCUT2D eigenvalue weighted by Crippen LogP contribution is 2.38. The van der Waals surface area contributed by atoms with E-state index in [9.17, 15) is 23.1 Å². The van der Waals surface area contributed by atoms with Crippen LogP contribution in [0.2, 0.25) is 0 Å². The highest BCUT2D eigenvalue weighted by Gasteiger charge is 2.33. The van der Waals surface area contributed by atoms with E-state index in [-0.39, 0.29) is 0 Å². The van der Waals surface area contributed by atoms with E-state index in [2.05, 4.69) is 0 Å². The van der Waals surface area contributed by atoms with Crippen molar-refractivity contribution < 1.29 is 27.8 Å². The number of nitrogens with two attached hydrogens (primary N) is 1. The summed E-state index contributed by atoms with van der Waals surface area (Å²) < 4.78 is 44.6. The average Bonchev–Trinajstić information content (AvgIpc) is 2.73. The largest absolute Gasteiger partial charge is 0.481 e. The molecule has 160 valence electrons. The van der Waals surface area contributed by atoms with Crippen molar-refractivity contribution in [2.75, 3.05) is 0 Å². The molecule has 2 unspecified atom stereocenters. The molecule has 0 spiro atoms. The van der Waals surface area contributed by atoms with E-state index in [4.69, 9.17) is 10.5 Å². The molecule has 3 aromatic rings. The first-order valence-electron chi connectivity index (χ1n) is 9.80. The smallest absolute Gasteiger partial charge is 0.416 e. The molecule has 0 saturated carbocycles. The molecule has 2 atom stereocenters. The average molecular weight is 427 g/mol. The molecule has 0 amide bonds. The zero-order valence-corrected chi connectivity index (χ0v) is 16.4. The Morgan fingerprint density at radius 2 is 1.74 bits per heavy atom. The Bertz CT molecular complexity index is 1110. The summed E-state index contributed by atoms with van der Waals surface area (Å²) >= 11 is 0. The lowest BCUT2D eigenvalue weighted by atomic mass is 9.79. The van der Waals surface area contributed by atoms with E-state index in [0.29, 0.717) is 41.0 Å². The van der Waals surface area contributed by atoms with Gasteiger partial charge < -0.3 is 15.6 Å². The Hall–Kier alpha value is -3.32.